The van der Waals surface area contributed by atoms with Crippen LogP contribution in [0.1, 0.15) is 18.9 Å². The summed E-state index contributed by atoms with van der Waals surface area (Å²) in [5.74, 6) is -0.367. The van der Waals surface area contributed by atoms with Gasteiger partial charge in [-0.25, -0.2) is 4.39 Å². The van der Waals surface area contributed by atoms with Gasteiger partial charge in [0.1, 0.15) is 6.07 Å². The highest BCUT2D eigenvalue weighted by Crippen LogP contribution is 2.29. The molecule has 1 aromatic rings. The van der Waals surface area contributed by atoms with E-state index < -0.39 is 5.82 Å². The van der Waals surface area contributed by atoms with Gasteiger partial charge in [-0.1, -0.05) is 0 Å². The molecule has 0 radical (unpaired) electrons. The number of amides is 1. The van der Waals surface area contributed by atoms with Crippen LogP contribution in [0.3, 0.4) is 0 Å². The van der Waals surface area contributed by atoms with Gasteiger partial charge < -0.3 is 9.80 Å². The lowest BCUT2D eigenvalue weighted by Crippen LogP contribution is -2.33. The quantitative estimate of drug-likeness (QED) is 0.789. The van der Waals surface area contributed by atoms with Gasteiger partial charge in [0.05, 0.1) is 15.7 Å². The number of rotatable bonds is 1. The summed E-state index contributed by atoms with van der Waals surface area (Å²) in [6, 6.07) is 5.18. The molecule has 1 aromatic carbocycles. The maximum Gasteiger partial charge on any atom is 0.219 e. The fourth-order valence-corrected chi connectivity index (χ4v) is 2.77. The second kappa shape index (κ2) is 6.23. The van der Waals surface area contributed by atoms with Crippen LogP contribution < -0.4 is 4.90 Å². The zero-order valence-electron chi connectivity index (χ0n) is 11.2. The summed E-state index contributed by atoms with van der Waals surface area (Å²) >= 11 is 3.12. The fraction of sp³-hybridized carbons (Fsp3) is 0.429. The van der Waals surface area contributed by atoms with Gasteiger partial charge in [0.2, 0.25) is 5.91 Å². The summed E-state index contributed by atoms with van der Waals surface area (Å²) in [5, 5.41) is 8.88. The number of anilines is 1. The first-order valence-corrected chi connectivity index (χ1v) is 7.22. The lowest BCUT2D eigenvalue weighted by molar-refractivity contribution is -0.128. The van der Waals surface area contributed by atoms with Crippen LogP contribution >= 0.6 is 15.9 Å². The second-order valence-electron chi connectivity index (χ2n) is 4.72. The monoisotopic (exact) mass is 339 g/mol. The normalized spacial score (nSPS) is 15.7. The van der Waals surface area contributed by atoms with E-state index in [4.69, 9.17) is 5.26 Å². The number of nitrogens with zero attached hydrogens (tertiary/aromatic N) is 3. The summed E-state index contributed by atoms with van der Waals surface area (Å²) in [5.41, 5.74) is 0.757. The van der Waals surface area contributed by atoms with Gasteiger partial charge in [-0.05, 0) is 34.5 Å². The van der Waals surface area contributed by atoms with Gasteiger partial charge in [-0.15, -0.1) is 0 Å². The van der Waals surface area contributed by atoms with E-state index >= 15 is 0 Å². The molecule has 0 saturated carbocycles. The van der Waals surface area contributed by atoms with Crippen LogP contribution in [0.4, 0.5) is 10.1 Å². The molecule has 2 rings (SSSR count). The minimum absolute atomic E-state index is 0.0494. The first kappa shape index (κ1) is 14.8. The van der Waals surface area contributed by atoms with Crippen molar-refractivity contribution in [3.05, 3.63) is 28.0 Å². The van der Waals surface area contributed by atoms with Crippen molar-refractivity contribution >= 4 is 27.5 Å². The molecule has 1 amide bonds. The Morgan fingerprint density at radius 1 is 1.35 bits per heavy atom. The van der Waals surface area contributed by atoms with Crippen molar-refractivity contribution in [3.8, 4) is 6.07 Å². The Morgan fingerprint density at radius 2 is 2.10 bits per heavy atom. The molecule has 106 valence electrons. The Balaban J connectivity index is 2.23. The van der Waals surface area contributed by atoms with Crippen molar-refractivity contribution in [1.29, 1.82) is 5.26 Å². The molecule has 6 heteroatoms. The number of nitriles is 1. The molecule has 1 aliphatic heterocycles. The first-order valence-electron chi connectivity index (χ1n) is 6.43. The molecule has 4 nitrogen and oxygen atoms in total. The summed E-state index contributed by atoms with van der Waals surface area (Å²) in [7, 11) is 0. The largest absolute Gasteiger partial charge is 0.367 e. The van der Waals surface area contributed by atoms with Gasteiger partial charge >= 0.3 is 0 Å². The average molecular weight is 340 g/mol. The van der Waals surface area contributed by atoms with E-state index in [1.54, 1.807) is 24.0 Å². The van der Waals surface area contributed by atoms with Crippen LogP contribution in [-0.4, -0.2) is 37.0 Å². The van der Waals surface area contributed by atoms with E-state index in [1.807, 2.05) is 11.0 Å². The highest BCUT2D eigenvalue weighted by atomic mass is 79.9. The standard InChI is InChI=1S/C14H15BrFN3O/c1-10(20)18-5-2-6-19(8-7-18)12-4-3-11(9-17)13(15)14(12)16/h3-4H,2,5-8H2,1H3. The molecule has 0 aromatic heterocycles. The maximum atomic E-state index is 14.3. The third kappa shape index (κ3) is 2.93. The van der Waals surface area contributed by atoms with Crippen molar-refractivity contribution in [1.82, 2.24) is 4.90 Å². The van der Waals surface area contributed by atoms with Gasteiger partial charge in [0.25, 0.3) is 0 Å². The van der Waals surface area contributed by atoms with Crippen molar-refractivity contribution in [2.75, 3.05) is 31.1 Å². The molecule has 1 fully saturated rings. The lowest BCUT2D eigenvalue weighted by atomic mass is 10.2. The average Bonchev–Trinajstić information content (AvgIpc) is 2.67. The van der Waals surface area contributed by atoms with Crippen molar-refractivity contribution in [3.63, 3.8) is 0 Å². The third-order valence-electron chi connectivity index (χ3n) is 3.46. The number of carbonyl (C=O) groups excluding carboxylic acids is 1. The van der Waals surface area contributed by atoms with Crippen LogP contribution in [0.5, 0.6) is 0 Å². The molecule has 0 bridgehead atoms. The van der Waals surface area contributed by atoms with E-state index in [9.17, 15) is 9.18 Å². The number of hydrogen-bond acceptors (Lipinski definition) is 3. The summed E-state index contributed by atoms with van der Waals surface area (Å²) in [6.07, 6.45) is 0.802. The number of hydrogen-bond donors (Lipinski definition) is 0. The molecule has 0 spiro atoms. The number of carbonyl (C=O) groups is 1. The molecule has 1 aliphatic rings. The Hall–Kier alpha value is -1.61. The molecule has 1 saturated heterocycles. The van der Waals surface area contributed by atoms with E-state index in [0.29, 0.717) is 31.9 Å². The van der Waals surface area contributed by atoms with Crippen molar-refractivity contribution in [2.45, 2.75) is 13.3 Å². The minimum Gasteiger partial charge on any atom is -0.367 e. The van der Waals surface area contributed by atoms with Crippen LogP contribution in [0.2, 0.25) is 0 Å². The van der Waals surface area contributed by atoms with E-state index in [0.717, 1.165) is 6.42 Å². The first-order chi connectivity index (χ1) is 9.54. The maximum absolute atomic E-state index is 14.3. The van der Waals surface area contributed by atoms with Crippen LogP contribution in [-0.2, 0) is 4.79 Å². The highest BCUT2D eigenvalue weighted by molar-refractivity contribution is 9.10. The Bertz CT molecular complexity index is 570. The van der Waals surface area contributed by atoms with Gasteiger partial charge in [-0.2, -0.15) is 5.26 Å². The molecular formula is C14H15BrFN3O. The predicted molar refractivity (Wildman–Crippen MR) is 77.9 cm³/mol. The van der Waals surface area contributed by atoms with Gasteiger partial charge in [0.15, 0.2) is 5.82 Å². The molecule has 0 N–H and O–H groups in total. The topological polar surface area (TPSA) is 47.3 Å². The zero-order chi connectivity index (χ0) is 14.7. The van der Waals surface area contributed by atoms with Gasteiger partial charge in [0, 0.05) is 33.1 Å². The van der Waals surface area contributed by atoms with Crippen molar-refractivity contribution in [2.24, 2.45) is 0 Å². The highest BCUT2D eigenvalue weighted by Gasteiger charge is 2.20. The van der Waals surface area contributed by atoms with E-state index in [-0.39, 0.29) is 15.9 Å². The molecule has 20 heavy (non-hydrogen) atoms. The molecular weight excluding hydrogens is 325 g/mol. The SMILES string of the molecule is CC(=O)N1CCCN(c2ccc(C#N)c(Br)c2F)CC1. The van der Waals surface area contributed by atoms with Crippen LogP contribution in [0.15, 0.2) is 16.6 Å². The predicted octanol–water partition coefficient (Wildman–Crippen LogP) is 2.52. The third-order valence-corrected chi connectivity index (χ3v) is 4.24. The summed E-state index contributed by atoms with van der Waals surface area (Å²) in [4.78, 5) is 15.1. The Kier molecular flexibility index (Phi) is 4.61. The fourth-order valence-electron chi connectivity index (χ4n) is 2.34. The van der Waals surface area contributed by atoms with Gasteiger partial charge in [-0.3, -0.25) is 4.79 Å². The number of halogens is 2. The lowest BCUT2D eigenvalue weighted by Gasteiger charge is -2.24. The minimum atomic E-state index is -0.416. The zero-order valence-corrected chi connectivity index (χ0v) is 12.8. The summed E-state index contributed by atoms with van der Waals surface area (Å²) < 4.78 is 14.5. The van der Waals surface area contributed by atoms with Crippen molar-refractivity contribution < 1.29 is 9.18 Å². The van der Waals surface area contributed by atoms with E-state index in [1.165, 1.54) is 0 Å². The molecule has 1 heterocycles. The Labute approximate surface area is 125 Å². The number of benzene rings is 1. The van der Waals surface area contributed by atoms with E-state index in [2.05, 4.69) is 15.9 Å². The Morgan fingerprint density at radius 3 is 2.75 bits per heavy atom. The smallest absolute Gasteiger partial charge is 0.219 e. The second-order valence-corrected chi connectivity index (χ2v) is 5.51. The van der Waals surface area contributed by atoms with Crippen LogP contribution in [0.25, 0.3) is 0 Å². The summed E-state index contributed by atoms with van der Waals surface area (Å²) in [6.45, 7) is 4.12. The van der Waals surface area contributed by atoms with Crippen LogP contribution in [0, 0.1) is 17.1 Å². The molecule has 0 atom stereocenters. The molecule has 0 unspecified atom stereocenters. The molecule has 0 aliphatic carbocycles.